The fourth-order valence-electron chi connectivity index (χ4n) is 4.34. The first-order chi connectivity index (χ1) is 19.5. The number of esters is 1. The van der Waals surface area contributed by atoms with Crippen LogP contribution in [-0.4, -0.2) is 48.9 Å². The number of unbranched alkanes of at least 4 members (excludes halogenated alkanes) is 1. The van der Waals surface area contributed by atoms with Gasteiger partial charge in [-0.05, 0) is 51.0 Å². The molecule has 0 radical (unpaired) electrons. The Morgan fingerprint density at radius 3 is 2.67 bits per heavy atom. The van der Waals surface area contributed by atoms with E-state index in [4.69, 9.17) is 14.0 Å². The largest absolute Gasteiger partial charge is 0.461 e. The van der Waals surface area contributed by atoms with E-state index in [2.05, 4.69) is 34.2 Å². The fourth-order valence-corrected chi connectivity index (χ4v) is 5.13. The topological polar surface area (TPSA) is 123 Å². The molecule has 0 atom stereocenters. The zero-order chi connectivity index (χ0) is 28.1. The van der Waals surface area contributed by atoms with Gasteiger partial charge in [0.1, 0.15) is 17.2 Å². The highest BCUT2D eigenvalue weighted by molar-refractivity contribution is 7.13. The molecule has 11 heteroatoms. The van der Waals surface area contributed by atoms with Crippen molar-refractivity contribution in [2.24, 2.45) is 5.16 Å². The van der Waals surface area contributed by atoms with Crippen molar-refractivity contribution in [2.75, 3.05) is 36.5 Å². The number of hydrogen-bond donors (Lipinski definition) is 1. The van der Waals surface area contributed by atoms with E-state index in [-0.39, 0.29) is 30.5 Å². The average Bonchev–Trinajstić information content (AvgIpc) is 3.57. The Kier molecular flexibility index (Phi) is 8.20. The molecule has 2 aromatic carbocycles. The number of nitrogens with one attached hydrogen (secondary N) is 1. The number of benzene rings is 2. The number of aromatic nitrogens is 1. The molecule has 206 valence electrons. The van der Waals surface area contributed by atoms with E-state index in [1.165, 1.54) is 11.3 Å². The summed E-state index contributed by atoms with van der Waals surface area (Å²) in [6, 6.07) is 14.8. The molecule has 1 amide bonds. The molecule has 0 bridgehead atoms. The Morgan fingerprint density at radius 2 is 1.85 bits per heavy atom. The smallest absolute Gasteiger partial charge is 0.357 e. The first-order valence-electron chi connectivity index (χ1n) is 13.0. The number of oxime groups is 1. The normalized spacial score (nSPS) is 13.3. The summed E-state index contributed by atoms with van der Waals surface area (Å²) >= 11 is 1.18. The summed E-state index contributed by atoms with van der Waals surface area (Å²) in [5, 5.41) is 9.42. The van der Waals surface area contributed by atoms with E-state index in [0.29, 0.717) is 40.2 Å². The van der Waals surface area contributed by atoms with Crippen molar-refractivity contribution in [2.45, 2.75) is 26.7 Å². The summed E-state index contributed by atoms with van der Waals surface area (Å²) in [7, 11) is 0. The molecule has 0 aliphatic carbocycles. The molecule has 0 fully saturated rings. The van der Waals surface area contributed by atoms with Gasteiger partial charge < -0.3 is 24.2 Å². The second-order valence-corrected chi connectivity index (χ2v) is 9.85. The van der Waals surface area contributed by atoms with Crippen LogP contribution < -0.4 is 15.8 Å². The standard InChI is InChI=1S/C29H28N4O6S/c1-3-33(4-2)19-12-11-18-15-21(28(35)39-24(18)16-19)27-31-23(17-40-27)29(36)37-13-7-8-14-38-32-25-20-9-5-6-10-22(20)30-26(25)34/h5-6,9-12,15-17H,3-4,7-8,13-14H2,1-2H3,(H,30,32,34). The lowest BCUT2D eigenvalue weighted by molar-refractivity contribution is -0.110. The SMILES string of the molecule is CCN(CC)c1ccc2cc(-c3nc(C(=O)OCCCCO/N=C4/C(=O)Nc5ccccc54)cs3)c(=O)oc2c1. The summed E-state index contributed by atoms with van der Waals surface area (Å²) < 4.78 is 10.9. The maximum absolute atomic E-state index is 12.7. The quantitative estimate of drug-likeness (QED) is 0.117. The zero-order valence-corrected chi connectivity index (χ0v) is 23.0. The number of para-hydroxylation sites is 1. The average molecular weight is 561 g/mol. The number of hydrogen-bond acceptors (Lipinski definition) is 10. The van der Waals surface area contributed by atoms with Crippen molar-refractivity contribution in [3.63, 3.8) is 0 Å². The Hall–Kier alpha value is -4.51. The van der Waals surface area contributed by atoms with Gasteiger partial charge in [0.25, 0.3) is 5.91 Å². The van der Waals surface area contributed by atoms with Crippen LogP contribution in [0.3, 0.4) is 0 Å². The third kappa shape index (κ3) is 5.74. The lowest BCUT2D eigenvalue weighted by Crippen LogP contribution is -2.21. The van der Waals surface area contributed by atoms with Crippen molar-refractivity contribution in [3.8, 4) is 10.6 Å². The molecular weight excluding hydrogens is 532 g/mol. The van der Waals surface area contributed by atoms with Gasteiger partial charge in [0.15, 0.2) is 11.4 Å². The van der Waals surface area contributed by atoms with Crippen LogP contribution in [0.2, 0.25) is 0 Å². The van der Waals surface area contributed by atoms with Gasteiger partial charge in [-0.25, -0.2) is 14.6 Å². The van der Waals surface area contributed by atoms with Gasteiger partial charge in [0.2, 0.25) is 0 Å². The maximum Gasteiger partial charge on any atom is 0.357 e. The number of carbonyl (C=O) groups is 2. The first-order valence-corrected chi connectivity index (χ1v) is 13.9. The minimum absolute atomic E-state index is 0.130. The Labute approximate surface area is 234 Å². The number of amides is 1. The second kappa shape index (κ2) is 12.1. The molecule has 10 nitrogen and oxygen atoms in total. The predicted molar refractivity (Wildman–Crippen MR) is 154 cm³/mol. The van der Waals surface area contributed by atoms with E-state index < -0.39 is 11.6 Å². The lowest BCUT2D eigenvalue weighted by atomic mass is 10.1. The van der Waals surface area contributed by atoms with Crippen LogP contribution in [-0.2, 0) is 14.4 Å². The molecule has 0 saturated carbocycles. The number of carbonyl (C=O) groups excluding carboxylic acids is 2. The third-order valence-electron chi connectivity index (χ3n) is 6.46. The first kappa shape index (κ1) is 27.1. The molecule has 40 heavy (non-hydrogen) atoms. The van der Waals surface area contributed by atoms with Crippen molar-refractivity contribution in [3.05, 3.63) is 75.6 Å². The van der Waals surface area contributed by atoms with Crippen molar-refractivity contribution >= 4 is 51.3 Å². The van der Waals surface area contributed by atoms with Crippen LogP contribution in [0.15, 0.2) is 68.3 Å². The van der Waals surface area contributed by atoms with Gasteiger partial charge in [-0.15, -0.1) is 11.3 Å². The molecular formula is C29H28N4O6S. The molecule has 5 rings (SSSR count). The number of fused-ring (bicyclic) bond motifs is 2. The van der Waals surface area contributed by atoms with E-state index in [0.717, 1.165) is 24.2 Å². The van der Waals surface area contributed by atoms with Crippen LogP contribution in [0.5, 0.6) is 0 Å². The summed E-state index contributed by atoms with van der Waals surface area (Å²) in [4.78, 5) is 49.0. The summed E-state index contributed by atoms with van der Waals surface area (Å²) in [6.07, 6.45) is 1.11. The van der Waals surface area contributed by atoms with Crippen molar-refractivity contribution in [1.29, 1.82) is 0 Å². The second-order valence-electron chi connectivity index (χ2n) is 9.00. The van der Waals surface area contributed by atoms with E-state index in [1.54, 1.807) is 23.6 Å². The molecule has 0 unspecified atom stereocenters. The minimum atomic E-state index is -0.572. The van der Waals surface area contributed by atoms with Gasteiger partial charge in [-0.3, -0.25) is 4.79 Å². The zero-order valence-electron chi connectivity index (χ0n) is 22.1. The third-order valence-corrected chi connectivity index (χ3v) is 7.33. The maximum atomic E-state index is 12.7. The molecule has 1 aliphatic heterocycles. The van der Waals surface area contributed by atoms with Crippen LogP contribution in [0.4, 0.5) is 11.4 Å². The Bertz CT molecular complexity index is 1640. The minimum Gasteiger partial charge on any atom is -0.461 e. The highest BCUT2D eigenvalue weighted by Gasteiger charge is 2.26. The van der Waals surface area contributed by atoms with Crippen molar-refractivity contribution < 1.29 is 23.6 Å². The lowest BCUT2D eigenvalue weighted by Gasteiger charge is -2.20. The van der Waals surface area contributed by atoms with E-state index >= 15 is 0 Å². The highest BCUT2D eigenvalue weighted by atomic mass is 32.1. The molecule has 0 saturated heterocycles. The summed E-state index contributed by atoms with van der Waals surface area (Å²) in [5.41, 5.74) is 3.05. The highest BCUT2D eigenvalue weighted by Crippen LogP contribution is 2.27. The van der Waals surface area contributed by atoms with Crippen molar-refractivity contribution in [1.82, 2.24) is 4.98 Å². The number of anilines is 2. The van der Waals surface area contributed by atoms with Gasteiger partial charge in [-0.2, -0.15) is 0 Å². The molecule has 1 aliphatic rings. The molecule has 3 heterocycles. The van der Waals surface area contributed by atoms with E-state index in [9.17, 15) is 14.4 Å². The Morgan fingerprint density at radius 1 is 1.05 bits per heavy atom. The summed E-state index contributed by atoms with van der Waals surface area (Å²) in [6.45, 7) is 6.28. The predicted octanol–water partition coefficient (Wildman–Crippen LogP) is 5.07. The molecule has 2 aromatic heterocycles. The Balaban J connectivity index is 1.13. The van der Waals surface area contributed by atoms with Gasteiger partial charge >= 0.3 is 11.6 Å². The number of ether oxygens (including phenoxy) is 1. The van der Waals surface area contributed by atoms with Gasteiger partial charge in [0.05, 0.1) is 17.9 Å². The van der Waals surface area contributed by atoms with E-state index in [1.807, 2.05) is 30.3 Å². The van der Waals surface area contributed by atoms with Crippen LogP contribution in [0, 0.1) is 0 Å². The van der Waals surface area contributed by atoms with Crippen LogP contribution in [0.1, 0.15) is 42.7 Å². The monoisotopic (exact) mass is 560 g/mol. The molecule has 0 spiro atoms. The van der Waals surface area contributed by atoms with Crippen LogP contribution >= 0.6 is 11.3 Å². The molecule has 1 N–H and O–H groups in total. The number of thiazole rings is 1. The van der Waals surface area contributed by atoms with Crippen LogP contribution in [0.25, 0.3) is 21.5 Å². The summed E-state index contributed by atoms with van der Waals surface area (Å²) in [5.74, 6) is -0.874. The molecule has 4 aromatic rings. The fraction of sp³-hybridized carbons (Fsp3) is 0.276. The van der Waals surface area contributed by atoms with Gasteiger partial charge in [0, 0.05) is 41.2 Å². The van der Waals surface area contributed by atoms with Gasteiger partial charge in [-0.1, -0.05) is 23.4 Å². The number of nitrogens with zero attached hydrogens (tertiary/aromatic N) is 3. The number of rotatable bonds is 11.